The van der Waals surface area contributed by atoms with Crippen LogP contribution in [0.2, 0.25) is 5.02 Å². The number of sulfonamides is 1. The lowest BCUT2D eigenvalue weighted by atomic mass is 10.1. The minimum atomic E-state index is -4.13. The molecular weight excluding hydrogens is 522 g/mol. The lowest BCUT2D eigenvalue weighted by Gasteiger charge is -2.32. The Balaban J connectivity index is 2.01. The second-order valence-electron chi connectivity index (χ2n) is 9.31. The number of carbonyl (C=O) groups excluding carboxylic acids is 2. The van der Waals surface area contributed by atoms with E-state index in [2.05, 4.69) is 5.32 Å². The minimum Gasteiger partial charge on any atom is -0.352 e. The fourth-order valence-electron chi connectivity index (χ4n) is 3.87. The van der Waals surface area contributed by atoms with Crippen molar-refractivity contribution in [1.29, 1.82) is 0 Å². The average Bonchev–Trinajstić information content (AvgIpc) is 2.90. The number of hydrogen-bond acceptors (Lipinski definition) is 4. The zero-order valence-corrected chi connectivity index (χ0v) is 23.7. The molecule has 0 fully saturated rings. The number of nitrogens with one attached hydrogen (secondary N) is 1. The summed E-state index contributed by atoms with van der Waals surface area (Å²) in [5.41, 5.74) is 2.02. The van der Waals surface area contributed by atoms with Gasteiger partial charge in [-0.25, -0.2) is 8.42 Å². The van der Waals surface area contributed by atoms with Crippen LogP contribution in [0.15, 0.2) is 83.8 Å². The molecule has 38 heavy (non-hydrogen) atoms. The Labute approximate surface area is 230 Å². The van der Waals surface area contributed by atoms with Gasteiger partial charge in [0.25, 0.3) is 10.0 Å². The Kier molecular flexibility index (Phi) is 9.94. The van der Waals surface area contributed by atoms with Gasteiger partial charge in [-0.2, -0.15) is 0 Å². The van der Waals surface area contributed by atoms with E-state index < -0.39 is 28.5 Å². The van der Waals surface area contributed by atoms with E-state index in [-0.39, 0.29) is 23.4 Å². The molecule has 7 nitrogen and oxygen atoms in total. The predicted molar refractivity (Wildman–Crippen MR) is 152 cm³/mol. The normalized spacial score (nSPS) is 12.9. The van der Waals surface area contributed by atoms with Crippen molar-refractivity contribution in [1.82, 2.24) is 10.2 Å². The van der Waals surface area contributed by atoms with Gasteiger partial charge in [0.05, 0.1) is 10.6 Å². The lowest BCUT2D eigenvalue weighted by molar-refractivity contribution is -0.139. The van der Waals surface area contributed by atoms with Crippen molar-refractivity contribution >= 4 is 39.1 Å². The summed E-state index contributed by atoms with van der Waals surface area (Å²) < 4.78 is 28.7. The molecule has 0 saturated carbocycles. The molecule has 2 amide bonds. The van der Waals surface area contributed by atoms with Crippen LogP contribution in [-0.4, -0.2) is 43.8 Å². The first-order valence-electron chi connectivity index (χ1n) is 12.5. The number of aryl methyl sites for hydroxylation is 1. The molecule has 3 aromatic carbocycles. The van der Waals surface area contributed by atoms with Gasteiger partial charge in [0.1, 0.15) is 12.6 Å². The van der Waals surface area contributed by atoms with Gasteiger partial charge in [-0.3, -0.25) is 13.9 Å². The second kappa shape index (κ2) is 12.9. The van der Waals surface area contributed by atoms with Crippen LogP contribution in [0.3, 0.4) is 0 Å². The topological polar surface area (TPSA) is 86.8 Å². The smallest absolute Gasteiger partial charge is 0.264 e. The number of anilines is 1. The van der Waals surface area contributed by atoms with Gasteiger partial charge in [-0.1, -0.05) is 61.0 Å². The summed E-state index contributed by atoms with van der Waals surface area (Å²) in [5.74, 6) is -0.800. The van der Waals surface area contributed by atoms with Crippen molar-refractivity contribution in [3.63, 3.8) is 0 Å². The van der Waals surface area contributed by atoms with Crippen molar-refractivity contribution in [2.45, 2.75) is 57.6 Å². The van der Waals surface area contributed by atoms with E-state index in [1.165, 1.54) is 29.2 Å². The molecule has 0 saturated heterocycles. The zero-order valence-electron chi connectivity index (χ0n) is 22.1. The third-order valence-corrected chi connectivity index (χ3v) is 8.37. The second-order valence-corrected chi connectivity index (χ2v) is 11.6. The summed E-state index contributed by atoms with van der Waals surface area (Å²) in [4.78, 5) is 28.3. The molecule has 0 unspecified atom stereocenters. The van der Waals surface area contributed by atoms with E-state index in [0.29, 0.717) is 10.7 Å². The maximum Gasteiger partial charge on any atom is 0.264 e. The fraction of sp³-hybridized carbons (Fsp3) is 0.310. The fourth-order valence-corrected chi connectivity index (χ4v) is 5.41. The number of benzene rings is 3. The Morgan fingerprint density at radius 3 is 2.21 bits per heavy atom. The van der Waals surface area contributed by atoms with Gasteiger partial charge in [-0.15, -0.1) is 0 Å². The molecule has 3 rings (SSSR count). The van der Waals surface area contributed by atoms with Gasteiger partial charge in [0.15, 0.2) is 0 Å². The average molecular weight is 556 g/mol. The zero-order chi connectivity index (χ0) is 27.9. The van der Waals surface area contributed by atoms with Crippen LogP contribution in [0.1, 0.15) is 38.3 Å². The first-order chi connectivity index (χ1) is 18.0. The van der Waals surface area contributed by atoms with Crippen molar-refractivity contribution in [2.24, 2.45) is 0 Å². The SMILES string of the molecule is CC[C@H](C)NC(=O)[C@@H](C)N(Cc1ccccc1)C(=O)CN(c1cccc(C)c1)S(=O)(=O)c1ccc(Cl)cc1. The summed E-state index contributed by atoms with van der Waals surface area (Å²) in [6, 6.07) is 21.2. The number of nitrogens with zero attached hydrogens (tertiary/aromatic N) is 2. The molecule has 0 aliphatic heterocycles. The molecule has 0 aliphatic carbocycles. The maximum atomic E-state index is 13.9. The molecule has 9 heteroatoms. The van der Waals surface area contributed by atoms with Crippen LogP contribution in [0.25, 0.3) is 0 Å². The maximum absolute atomic E-state index is 13.9. The van der Waals surface area contributed by atoms with Crippen LogP contribution >= 0.6 is 11.6 Å². The molecule has 0 aromatic heterocycles. The third kappa shape index (κ3) is 7.36. The monoisotopic (exact) mass is 555 g/mol. The van der Waals surface area contributed by atoms with Crippen LogP contribution in [0.4, 0.5) is 5.69 Å². The molecule has 0 heterocycles. The predicted octanol–water partition coefficient (Wildman–Crippen LogP) is 5.18. The van der Waals surface area contributed by atoms with Crippen LogP contribution < -0.4 is 9.62 Å². The van der Waals surface area contributed by atoms with Crippen LogP contribution in [0.5, 0.6) is 0 Å². The quantitative estimate of drug-likeness (QED) is 0.353. The number of amides is 2. The van der Waals surface area contributed by atoms with Gasteiger partial charge in [0, 0.05) is 17.6 Å². The number of halogens is 1. The molecule has 202 valence electrons. The van der Waals surface area contributed by atoms with Crippen molar-refractivity contribution in [2.75, 3.05) is 10.8 Å². The van der Waals surface area contributed by atoms with Crippen LogP contribution in [-0.2, 0) is 26.2 Å². The van der Waals surface area contributed by atoms with Crippen LogP contribution in [0, 0.1) is 6.92 Å². The van der Waals surface area contributed by atoms with Crippen molar-refractivity contribution < 1.29 is 18.0 Å². The minimum absolute atomic E-state index is 0.00776. The Morgan fingerprint density at radius 2 is 1.61 bits per heavy atom. The Morgan fingerprint density at radius 1 is 0.947 bits per heavy atom. The van der Waals surface area contributed by atoms with Gasteiger partial charge >= 0.3 is 0 Å². The molecule has 2 atom stereocenters. The Bertz CT molecular complexity index is 1350. The standard InChI is InChI=1S/C29H34ClN3O4S/c1-5-22(3)31-29(35)23(4)32(19-24-11-7-6-8-12-24)28(34)20-33(26-13-9-10-21(2)18-26)38(36,37)27-16-14-25(30)15-17-27/h6-18,22-23H,5,19-20H2,1-4H3,(H,31,35)/t22-,23+/m0/s1. The van der Waals surface area contributed by atoms with Gasteiger partial charge in [-0.05, 0) is 74.7 Å². The molecule has 0 bridgehead atoms. The molecule has 3 aromatic rings. The lowest BCUT2D eigenvalue weighted by Crippen LogP contribution is -2.52. The highest BCUT2D eigenvalue weighted by Gasteiger charge is 2.32. The molecule has 1 N–H and O–H groups in total. The molecule has 0 aliphatic rings. The van der Waals surface area contributed by atoms with E-state index in [1.54, 1.807) is 25.1 Å². The van der Waals surface area contributed by atoms with E-state index in [1.807, 2.05) is 57.2 Å². The van der Waals surface area contributed by atoms with E-state index >= 15 is 0 Å². The van der Waals surface area contributed by atoms with Crippen molar-refractivity contribution in [3.05, 3.63) is 95.0 Å². The van der Waals surface area contributed by atoms with E-state index in [0.717, 1.165) is 21.9 Å². The highest BCUT2D eigenvalue weighted by atomic mass is 35.5. The molecule has 0 radical (unpaired) electrons. The largest absolute Gasteiger partial charge is 0.352 e. The molecule has 0 spiro atoms. The van der Waals surface area contributed by atoms with Crippen molar-refractivity contribution in [3.8, 4) is 0 Å². The van der Waals surface area contributed by atoms with E-state index in [9.17, 15) is 18.0 Å². The summed E-state index contributed by atoms with van der Waals surface area (Å²) in [5, 5.41) is 3.33. The Hall–Kier alpha value is -3.36. The summed E-state index contributed by atoms with van der Waals surface area (Å²) in [7, 11) is -4.13. The van der Waals surface area contributed by atoms with Gasteiger partial charge in [0.2, 0.25) is 11.8 Å². The highest BCUT2D eigenvalue weighted by molar-refractivity contribution is 7.92. The van der Waals surface area contributed by atoms with E-state index in [4.69, 9.17) is 11.6 Å². The summed E-state index contributed by atoms with van der Waals surface area (Å²) in [6.07, 6.45) is 0.742. The number of rotatable bonds is 11. The summed E-state index contributed by atoms with van der Waals surface area (Å²) in [6.45, 7) is 7.03. The number of hydrogen-bond donors (Lipinski definition) is 1. The highest BCUT2D eigenvalue weighted by Crippen LogP contribution is 2.26. The van der Waals surface area contributed by atoms with Gasteiger partial charge < -0.3 is 10.2 Å². The first kappa shape index (κ1) is 29.2. The first-order valence-corrected chi connectivity index (χ1v) is 14.3. The third-order valence-electron chi connectivity index (χ3n) is 6.33. The molecular formula is C29H34ClN3O4S. The number of carbonyl (C=O) groups is 2. The summed E-state index contributed by atoms with van der Waals surface area (Å²) >= 11 is 5.99.